The van der Waals surface area contributed by atoms with Crippen LogP contribution in [0.1, 0.15) is 29.9 Å². The van der Waals surface area contributed by atoms with Crippen molar-refractivity contribution in [2.24, 2.45) is 10.9 Å². The monoisotopic (exact) mass is 285 g/mol. The zero-order valence-corrected chi connectivity index (χ0v) is 12.1. The number of aliphatic imine (C=N–C) groups is 1. The van der Waals surface area contributed by atoms with Crippen LogP contribution in [0.25, 0.3) is 0 Å². The highest BCUT2D eigenvalue weighted by molar-refractivity contribution is 6.19. The maximum absolute atomic E-state index is 12.3. The molecule has 1 fully saturated rings. The van der Waals surface area contributed by atoms with Gasteiger partial charge >= 0.3 is 0 Å². The van der Waals surface area contributed by atoms with Gasteiger partial charge in [0, 0.05) is 12.5 Å². The number of hydrogen-bond acceptors (Lipinski definition) is 3. The standard InChI is InChI=1S/C16H19N3O2/c1-10-4-6-11(7-5-10)13-15(20)18-14(19-16(13)21)12-3-2-8-17-9-12/h4-7,12-13,17H,2-3,8-9H2,1H3,(H,18,19,20,21). The molecule has 2 amide bonds. The molecule has 2 unspecified atom stereocenters. The van der Waals surface area contributed by atoms with Crippen molar-refractivity contribution in [1.29, 1.82) is 0 Å². The molecule has 3 rings (SSSR count). The van der Waals surface area contributed by atoms with Gasteiger partial charge in [-0.3, -0.25) is 9.59 Å². The summed E-state index contributed by atoms with van der Waals surface area (Å²) in [5, 5.41) is 6.10. The Labute approximate surface area is 123 Å². The van der Waals surface area contributed by atoms with Crippen LogP contribution in [0.2, 0.25) is 0 Å². The molecular formula is C16H19N3O2. The summed E-state index contributed by atoms with van der Waals surface area (Å²) < 4.78 is 0. The van der Waals surface area contributed by atoms with Crippen LogP contribution in [0.3, 0.4) is 0 Å². The fourth-order valence-electron chi connectivity index (χ4n) is 2.85. The third-order valence-corrected chi connectivity index (χ3v) is 4.09. The Morgan fingerprint density at radius 2 is 1.95 bits per heavy atom. The number of amidine groups is 1. The summed E-state index contributed by atoms with van der Waals surface area (Å²) in [6, 6.07) is 7.45. The van der Waals surface area contributed by atoms with Crippen molar-refractivity contribution in [3.63, 3.8) is 0 Å². The average molecular weight is 285 g/mol. The molecule has 1 aromatic carbocycles. The van der Waals surface area contributed by atoms with Crippen LogP contribution in [-0.2, 0) is 9.59 Å². The molecule has 21 heavy (non-hydrogen) atoms. The SMILES string of the molecule is Cc1ccc(C2C(=O)N=C(C3CCCNC3)NC2=O)cc1. The molecule has 0 spiro atoms. The lowest BCUT2D eigenvalue weighted by atomic mass is 9.92. The first-order valence-electron chi connectivity index (χ1n) is 7.36. The van der Waals surface area contributed by atoms with Crippen molar-refractivity contribution in [2.75, 3.05) is 13.1 Å². The van der Waals surface area contributed by atoms with Crippen LogP contribution in [0, 0.1) is 12.8 Å². The fourth-order valence-corrected chi connectivity index (χ4v) is 2.85. The highest BCUT2D eigenvalue weighted by atomic mass is 16.2. The van der Waals surface area contributed by atoms with Crippen LogP contribution in [-0.4, -0.2) is 30.7 Å². The largest absolute Gasteiger partial charge is 0.316 e. The summed E-state index contributed by atoms with van der Waals surface area (Å²) in [7, 11) is 0. The van der Waals surface area contributed by atoms with E-state index in [1.165, 1.54) is 0 Å². The second kappa shape index (κ2) is 5.77. The molecule has 5 heteroatoms. The number of carbonyl (C=O) groups is 2. The van der Waals surface area contributed by atoms with E-state index in [9.17, 15) is 9.59 Å². The summed E-state index contributed by atoms with van der Waals surface area (Å²) in [4.78, 5) is 28.7. The molecule has 0 aromatic heterocycles. The molecular weight excluding hydrogens is 266 g/mol. The van der Waals surface area contributed by atoms with Gasteiger partial charge in [-0.05, 0) is 31.9 Å². The van der Waals surface area contributed by atoms with Crippen LogP contribution in [0.15, 0.2) is 29.3 Å². The first kappa shape index (κ1) is 13.9. The predicted molar refractivity (Wildman–Crippen MR) is 80.1 cm³/mol. The minimum absolute atomic E-state index is 0.130. The Morgan fingerprint density at radius 3 is 2.57 bits per heavy atom. The van der Waals surface area contributed by atoms with Crippen LogP contribution in [0.5, 0.6) is 0 Å². The summed E-state index contributed by atoms with van der Waals surface area (Å²) in [6.07, 6.45) is 1.99. The molecule has 2 aliphatic heterocycles. The van der Waals surface area contributed by atoms with Gasteiger partial charge < -0.3 is 10.6 Å². The van der Waals surface area contributed by atoms with Gasteiger partial charge in [0.1, 0.15) is 11.8 Å². The van der Waals surface area contributed by atoms with E-state index >= 15 is 0 Å². The predicted octanol–water partition coefficient (Wildman–Crippen LogP) is 1.13. The van der Waals surface area contributed by atoms with Crippen LogP contribution in [0.4, 0.5) is 0 Å². The lowest BCUT2D eigenvalue weighted by Gasteiger charge is -2.28. The summed E-state index contributed by atoms with van der Waals surface area (Å²) in [5.74, 6) is -0.778. The van der Waals surface area contributed by atoms with Crippen LogP contribution < -0.4 is 10.6 Å². The Morgan fingerprint density at radius 1 is 1.19 bits per heavy atom. The second-order valence-electron chi connectivity index (χ2n) is 5.71. The summed E-state index contributed by atoms with van der Waals surface area (Å²) >= 11 is 0. The normalized spacial score (nSPS) is 26.2. The third kappa shape index (κ3) is 2.88. The second-order valence-corrected chi connectivity index (χ2v) is 5.71. The van der Waals surface area contributed by atoms with Gasteiger partial charge in [-0.1, -0.05) is 29.8 Å². The topological polar surface area (TPSA) is 70.6 Å². The Hall–Kier alpha value is -2.01. The maximum Gasteiger partial charge on any atom is 0.264 e. The number of rotatable bonds is 2. The third-order valence-electron chi connectivity index (χ3n) is 4.09. The zero-order chi connectivity index (χ0) is 14.8. The first-order chi connectivity index (χ1) is 10.1. The fraction of sp³-hybridized carbons (Fsp3) is 0.438. The van der Waals surface area contributed by atoms with Gasteiger partial charge in [0.05, 0.1) is 0 Å². The number of piperidine rings is 1. The van der Waals surface area contributed by atoms with E-state index in [1.54, 1.807) is 0 Å². The Bertz CT molecular complexity index is 586. The van der Waals surface area contributed by atoms with E-state index < -0.39 is 5.92 Å². The molecule has 2 aliphatic rings. The number of hydrogen-bond donors (Lipinski definition) is 2. The quantitative estimate of drug-likeness (QED) is 0.800. The number of nitrogens with zero attached hydrogens (tertiary/aromatic N) is 1. The van der Waals surface area contributed by atoms with Crippen molar-refractivity contribution >= 4 is 17.6 Å². The van der Waals surface area contributed by atoms with Gasteiger partial charge in [0.15, 0.2) is 0 Å². The lowest BCUT2D eigenvalue weighted by Crippen LogP contribution is -2.49. The van der Waals surface area contributed by atoms with Crippen molar-refractivity contribution in [2.45, 2.75) is 25.7 Å². The van der Waals surface area contributed by atoms with Gasteiger partial charge in [-0.25, -0.2) is 0 Å². The highest BCUT2D eigenvalue weighted by Gasteiger charge is 2.35. The number of aryl methyl sites for hydroxylation is 1. The molecule has 0 saturated carbocycles. The van der Waals surface area contributed by atoms with Crippen molar-refractivity contribution in [3.8, 4) is 0 Å². The average Bonchev–Trinajstić information content (AvgIpc) is 2.49. The van der Waals surface area contributed by atoms with Gasteiger partial charge in [0.25, 0.3) is 5.91 Å². The number of amides is 2. The number of nitrogens with one attached hydrogen (secondary N) is 2. The minimum Gasteiger partial charge on any atom is -0.316 e. The molecule has 0 radical (unpaired) electrons. The summed E-state index contributed by atoms with van der Waals surface area (Å²) in [6.45, 7) is 3.72. The smallest absolute Gasteiger partial charge is 0.264 e. The van der Waals surface area contributed by atoms with Crippen molar-refractivity contribution in [3.05, 3.63) is 35.4 Å². The van der Waals surface area contributed by atoms with E-state index in [0.717, 1.165) is 31.5 Å². The molecule has 2 heterocycles. The van der Waals surface area contributed by atoms with Crippen LogP contribution >= 0.6 is 0 Å². The Balaban J connectivity index is 1.83. The molecule has 110 valence electrons. The zero-order valence-electron chi connectivity index (χ0n) is 12.1. The Kier molecular flexibility index (Phi) is 3.84. The van der Waals surface area contributed by atoms with Crippen molar-refractivity contribution < 1.29 is 9.59 Å². The van der Waals surface area contributed by atoms with E-state index in [2.05, 4.69) is 15.6 Å². The first-order valence-corrected chi connectivity index (χ1v) is 7.36. The molecule has 5 nitrogen and oxygen atoms in total. The van der Waals surface area contributed by atoms with Gasteiger partial charge in [-0.15, -0.1) is 0 Å². The van der Waals surface area contributed by atoms with Gasteiger partial charge in [0.2, 0.25) is 5.91 Å². The molecule has 0 bridgehead atoms. The van der Waals surface area contributed by atoms with E-state index in [-0.39, 0.29) is 17.7 Å². The minimum atomic E-state index is -0.814. The van der Waals surface area contributed by atoms with Crippen molar-refractivity contribution in [1.82, 2.24) is 10.6 Å². The molecule has 2 N–H and O–H groups in total. The highest BCUT2D eigenvalue weighted by Crippen LogP contribution is 2.23. The maximum atomic E-state index is 12.3. The van der Waals surface area contributed by atoms with Gasteiger partial charge in [-0.2, -0.15) is 4.99 Å². The molecule has 1 saturated heterocycles. The summed E-state index contributed by atoms with van der Waals surface area (Å²) in [5.41, 5.74) is 1.80. The molecule has 0 aliphatic carbocycles. The lowest BCUT2D eigenvalue weighted by molar-refractivity contribution is -0.129. The number of benzene rings is 1. The van der Waals surface area contributed by atoms with E-state index in [4.69, 9.17) is 0 Å². The molecule has 1 aromatic rings. The molecule has 2 atom stereocenters. The number of carbonyl (C=O) groups excluding carboxylic acids is 2. The van der Waals surface area contributed by atoms with E-state index in [1.807, 2.05) is 31.2 Å². The van der Waals surface area contributed by atoms with E-state index in [0.29, 0.717) is 11.4 Å².